The number of aryl methyl sites for hydroxylation is 3. The Kier molecular flexibility index (Phi) is 13.1. The Morgan fingerprint density at radius 2 is 1.68 bits per heavy atom. The molecule has 2 fully saturated rings. The number of carbonyl (C=O) groups is 3. The van der Waals surface area contributed by atoms with Crippen LogP contribution < -0.4 is 5.32 Å². The summed E-state index contributed by atoms with van der Waals surface area (Å²) in [5.74, 6) is -1.73. The fraction of sp³-hybridized carbons (Fsp3) is 0.413. The number of carboxylic acid groups (broad SMARTS) is 1. The van der Waals surface area contributed by atoms with E-state index in [1.54, 1.807) is 13.8 Å². The molecule has 2 aromatic carbocycles. The van der Waals surface area contributed by atoms with Crippen LogP contribution in [0.2, 0.25) is 5.02 Å². The highest BCUT2D eigenvalue weighted by molar-refractivity contribution is 6.30. The average Bonchev–Trinajstić information content (AvgIpc) is 3.66. The standard InChI is InChI=1S/C46H52ClN5O5/c1-3-57-46(56)40(50-30(2)44(53)52-21-5-7-41(52)45(54)55)17-12-31-8-10-32(11-9-31)24-33-25-34(28-48-27-33)29-51-22-18-35(19-23-51)42-39-16-15-38(47)26-37(39)14-13-36-6-4-20-49-43(36)42/h4,6,8-11,15-16,20,25-28,30,40-41,50H,3,5,7,12-14,17-19,21-24,29H2,1-2H3,(H,54,55)/t30-,40-,41-/m0/s1. The Hall–Kier alpha value is -4.90. The van der Waals surface area contributed by atoms with Gasteiger partial charge in [-0.2, -0.15) is 0 Å². The smallest absolute Gasteiger partial charge is 0.326 e. The molecule has 7 rings (SSSR count). The van der Waals surface area contributed by atoms with Gasteiger partial charge in [0, 0.05) is 55.4 Å². The van der Waals surface area contributed by atoms with Crippen LogP contribution in [0.5, 0.6) is 0 Å². The number of esters is 1. The number of nitrogens with one attached hydrogen (secondary N) is 1. The van der Waals surface area contributed by atoms with Gasteiger partial charge in [-0.1, -0.05) is 59.6 Å². The molecule has 1 aliphatic carbocycles. The molecule has 0 unspecified atom stereocenters. The van der Waals surface area contributed by atoms with Crippen molar-refractivity contribution in [1.29, 1.82) is 0 Å². The third kappa shape index (κ3) is 9.80. The quantitative estimate of drug-likeness (QED) is 0.140. The van der Waals surface area contributed by atoms with E-state index >= 15 is 0 Å². The number of fused-ring (bicyclic) bond motifs is 2. The summed E-state index contributed by atoms with van der Waals surface area (Å²) in [6, 6.07) is 19.0. The van der Waals surface area contributed by atoms with Gasteiger partial charge < -0.3 is 14.7 Å². The van der Waals surface area contributed by atoms with Crippen LogP contribution >= 0.6 is 11.6 Å². The van der Waals surface area contributed by atoms with E-state index in [9.17, 15) is 19.5 Å². The molecule has 0 spiro atoms. The number of hydrogen-bond acceptors (Lipinski definition) is 8. The summed E-state index contributed by atoms with van der Waals surface area (Å²) in [5, 5.41) is 13.5. The monoisotopic (exact) mass is 789 g/mol. The van der Waals surface area contributed by atoms with E-state index in [1.807, 2.05) is 30.7 Å². The average molecular weight is 790 g/mol. The summed E-state index contributed by atoms with van der Waals surface area (Å²) in [6.45, 7) is 6.86. The molecule has 1 amide bonds. The van der Waals surface area contributed by atoms with Crippen molar-refractivity contribution >= 4 is 35.0 Å². The molecule has 4 heterocycles. The van der Waals surface area contributed by atoms with Gasteiger partial charge in [-0.25, -0.2) is 4.79 Å². The maximum absolute atomic E-state index is 13.1. The lowest BCUT2D eigenvalue weighted by Gasteiger charge is -2.30. The number of ether oxygens (including phenoxy) is 1. The number of carboxylic acids is 1. The molecule has 2 N–H and O–H groups in total. The SMILES string of the molecule is CCOC(=O)[C@H](CCc1ccc(Cc2cncc(CN3CCC(=C4c5ccc(Cl)cc5CCc5cccnc54)CC3)c2)cc1)N[C@@H](C)C(=O)N1CCC[C@H]1C(=O)O. The predicted octanol–water partition coefficient (Wildman–Crippen LogP) is 6.84. The number of halogens is 1. The van der Waals surface area contributed by atoms with Crippen molar-refractivity contribution in [2.75, 3.05) is 26.2 Å². The van der Waals surface area contributed by atoms with Crippen molar-refractivity contribution in [3.63, 3.8) is 0 Å². The molecule has 2 aromatic heterocycles. The highest BCUT2D eigenvalue weighted by Crippen LogP contribution is 2.38. The van der Waals surface area contributed by atoms with Crippen LogP contribution in [0.3, 0.4) is 0 Å². The third-order valence-corrected chi connectivity index (χ3v) is 11.8. The zero-order valence-corrected chi connectivity index (χ0v) is 33.6. The van der Waals surface area contributed by atoms with Crippen molar-refractivity contribution < 1.29 is 24.2 Å². The number of likely N-dealkylation sites (tertiary alicyclic amines) is 2. The largest absolute Gasteiger partial charge is 0.480 e. The summed E-state index contributed by atoms with van der Waals surface area (Å²) in [5.41, 5.74) is 12.4. The van der Waals surface area contributed by atoms with Crippen LogP contribution in [-0.4, -0.2) is 87.1 Å². The van der Waals surface area contributed by atoms with Crippen LogP contribution in [-0.2, 0) is 51.3 Å². The van der Waals surface area contributed by atoms with Crippen LogP contribution in [0.4, 0.5) is 0 Å². The number of aromatic nitrogens is 2. The molecule has 0 saturated carbocycles. The highest BCUT2D eigenvalue weighted by Gasteiger charge is 2.37. The molecule has 2 aliphatic heterocycles. The molecule has 10 nitrogen and oxygen atoms in total. The summed E-state index contributed by atoms with van der Waals surface area (Å²) in [6.07, 6.45) is 12.6. The minimum absolute atomic E-state index is 0.230. The van der Waals surface area contributed by atoms with Crippen molar-refractivity contribution in [1.82, 2.24) is 25.1 Å². The summed E-state index contributed by atoms with van der Waals surface area (Å²) in [7, 11) is 0. The second-order valence-corrected chi connectivity index (χ2v) is 16.0. The first-order valence-electron chi connectivity index (χ1n) is 20.3. The lowest BCUT2D eigenvalue weighted by Crippen LogP contribution is -2.53. The van der Waals surface area contributed by atoms with Crippen molar-refractivity contribution in [2.45, 2.75) is 96.3 Å². The normalized spacial score (nSPS) is 18.0. The Bertz CT molecular complexity index is 2110. The fourth-order valence-corrected chi connectivity index (χ4v) is 8.83. The van der Waals surface area contributed by atoms with Crippen molar-refractivity contribution in [3.05, 3.63) is 134 Å². The Morgan fingerprint density at radius 1 is 0.930 bits per heavy atom. The van der Waals surface area contributed by atoms with Gasteiger partial charge in [-0.05, 0) is 129 Å². The molecule has 4 aromatic rings. The third-order valence-electron chi connectivity index (χ3n) is 11.6. The lowest BCUT2D eigenvalue weighted by molar-refractivity contribution is -0.150. The van der Waals surface area contributed by atoms with E-state index in [-0.39, 0.29) is 12.5 Å². The molecular weight excluding hydrogens is 738 g/mol. The summed E-state index contributed by atoms with van der Waals surface area (Å²) >= 11 is 6.44. The van der Waals surface area contributed by atoms with Crippen LogP contribution in [0.15, 0.2) is 84.8 Å². The Labute approximate surface area is 340 Å². The number of hydrogen-bond donors (Lipinski definition) is 2. The highest BCUT2D eigenvalue weighted by atomic mass is 35.5. The molecular formula is C46H52ClN5O5. The number of nitrogens with zero attached hydrogens (tertiary/aromatic N) is 4. The summed E-state index contributed by atoms with van der Waals surface area (Å²) in [4.78, 5) is 51.1. The van der Waals surface area contributed by atoms with E-state index in [0.717, 1.165) is 73.6 Å². The van der Waals surface area contributed by atoms with Gasteiger partial charge in [-0.3, -0.25) is 29.8 Å². The molecule has 3 atom stereocenters. The second-order valence-electron chi connectivity index (χ2n) is 15.5. The van der Waals surface area contributed by atoms with Gasteiger partial charge >= 0.3 is 11.9 Å². The topological polar surface area (TPSA) is 125 Å². The molecule has 298 valence electrons. The number of pyridine rings is 2. The first-order valence-corrected chi connectivity index (χ1v) is 20.7. The van der Waals surface area contributed by atoms with E-state index in [4.69, 9.17) is 21.3 Å². The van der Waals surface area contributed by atoms with Crippen molar-refractivity contribution in [2.24, 2.45) is 0 Å². The Balaban J connectivity index is 0.943. The molecule has 57 heavy (non-hydrogen) atoms. The van der Waals surface area contributed by atoms with Crippen LogP contribution in [0.25, 0.3) is 5.57 Å². The van der Waals surface area contributed by atoms with Crippen molar-refractivity contribution in [3.8, 4) is 0 Å². The lowest BCUT2D eigenvalue weighted by atomic mass is 9.88. The van der Waals surface area contributed by atoms with E-state index in [1.165, 1.54) is 43.9 Å². The maximum Gasteiger partial charge on any atom is 0.326 e. The maximum atomic E-state index is 13.1. The molecule has 2 saturated heterocycles. The number of aliphatic carboxylic acids is 1. The second kappa shape index (κ2) is 18.6. The molecule has 0 radical (unpaired) electrons. The van der Waals surface area contributed by atoms with Crippen LogP contribution in [0, 0.1) is 0 Å². The molecule has 11 heteroatoms. The van der Waals surface area contributed by atoms with Gasteiger partial charge in [0.05, 0.1) is 18.3 Å². The minimum Gasteiger partial charge on any atom is -0.480 e. The van der Waals surface area contributed by atoms with Gasteiger partial charge in [0.15, 0.2) is 0 Å². The Morgan fingerprint density at radius 3 is 2.46 bits per heavy atom. The number of benzene rings is 2. The number of carbonyl (C=O) groups excluding carboxylic acids is 2. The summed E-state index contributed by atoms with van der Waals surface area (Å²) < 4.78 is 5.32. The van der Waals surface area contributed by atoms with E-state index in [2.05, 4.69) is 63.7 Å². The zero-order valence-electron chi connectivity index (χ0n) is 32.9. The van der Waals surface area contributed by atoms with Gasteiger partial charge in [0.25, 0.3) is 0 Å². The zero-order chi connectivity index (χ0) is 39.9. The van der Waals surface area contributed by atoms with Gasteiger partial charge in [0.1, 0.15) is 12.1 Å². The van der Waals surface area contributed by atoms with E-state index in [0.29, 0.717) is 32.2 Å². The van der Waals surface area contributed by atoms with Gasteiger partial charge in [0.2, 0.25) is 5.91 Å². The number of rotatable bonds is 13. The van der Waals surface area contributed by atoms with Crippen LogP contribution in [0.1, 0.15) is 90.6 Å². The molecule has 0 bridgehead atoms. The first-order chi connectivity index (χ1) is 27.7. The number of piperidine rings is 1. The molecule has 3 aliphatic rings. The van der Waals surface area contributed by atoms with E-state index < -0.39 is 30.1 Å². The minimum atomic E-state index is -0.999. The first kappa shape index (κ1) is 40.3. The number of amides is 1. The fourth-order valence-electron chi connectivity index (χ4n) is 8.64. The van der Waals surface area contributed by atoms with Gasteiger partial charge in [-0.15, -0.1) is 0 Å². The predicted molar refractivity (Wildman–Crippen MR) is 221 cm³/mol.